The summed E-state index contributed by atoms with van der Waals surface area (Å²) in [4.78, 5) is 10.6. The Balaban J connectivity index is 1.40. The molecular weight excluding hydrogens is 324 g/mol. The van der Waals surface area contributed by atoms with E-state index in [-0.39, 0.29) is 0 Å². The lowest BCUT2D eigenvalue weighted by atomic mass is 9.96. The zero-order valence-electron chi connectivity index (χ0n) is 13.6. The number of β-amino-alcohol motifs (C(OH)–C–C–N with tert-alkyl or cyclic N) is 1. The van der Waals surface area contributed by atoms with E-state index in [1.54, 1.807) is 12.4 Å². The van der Waals surface area contributed by atoms with Crippen molar-refractivity contribution in [2.45, 2.75) is 18.9 Å². The third kappa shape index (κ3) is 4.90. The first-order valence-corrected chi connectivity index (χ1v) is 8.75. The van der Waals surface area contributed by atoms with Crippen molar-refractivity contribution in [1.29, 1.82) is 0 Å². The molecule has 128 valence electrons. The summed E-state index contributed by atoms with van der Waals surface area (Å²) in [5.74, 6) is 1.23. The van der Waals surface area contributed by atoms with Crippen LogP contribution in [0.1, 0.15) is 24.5 Å². The van der Waals surface area contributed by atoms with E-state index in [1.165, 1.54) is 0 Å². The maximum atomic E-state index is 10.3. The Hall–Kier alpha value is -1.69. The minimum absolute atomic E-state index is 0.414. The molecule has 0 spiro atoms. The highest BCUT2D eigenvalue weighted by Gasteiger charge is 2.21. The summed E-state index contributed by atoms with van der Waals surface area (Å²) in [6, 6.07) is 9.87. The van der Waals surface area contributed by atoms with Crippen molar-refractivity contribution in [3.63, 3.8) is 0 Å². The van der Waals surface area contributed by atoms with E-state index in [4.69, 9.17) is 11.6 Å². The third-order valence-corrected chi connectivity index (χ3v) is 4.69. The van der Waals surface area contributed by atoms with Crippen molar-refractivity contribution < 1.29 is 5.11 Å². The normalized spacial score (nSPS) is 17.6. The zero-order chi connectivity index (χ0) is 16.8. The molecule has 24 heavy (non-hydrogen) atoms. The lowest BCUT2D eigenvalue weighted by molar-refractivity contribution is 0.0909. The molecule has 5 nitrogen and oxygen atoms in total. The number of anilines is 1. The van der Waals surface area contributed by atoms with Gasteiger partial charge in [0.2, 0.25) is 5.95 Å². The second kappa shape index (κ2) is 8.42. The van der Waals surface area contributed by atoms with E-state index in [1.807, 2.05) is 30.3 Å². The van der Waals surface area contributed by atoms with E-state index in [0.717, 1.165) is 38.0 Å². The molecule has 0 unspecified atom stereocenters. The number of nitrogens with one attached hydrogen (secondary N) is 1. The highest BCUT2D eigenvalue weighted by atomic mass is 35.5. The van der Waals surface area contributed by atoms with Gasteiger partial charge in [-0.15, -0.1) is 0 Å². The average Bonchev–Trinajstić information content (AvgIpc) is 2.63. The molecule has 0 saturated carbocycles. The number of nitrogens with zero attached hydrogens (tertiary/aromatic N) is 3. The first-order valence-electron chi connectivity index (χ1n) is 8.37. The van der Waals surface area contributed by atoms with Gasteiger partial charge in [-0.05, 0) is 37.4 Å². The monoisotopic (exact) mass is 346 g/mol. The quantitative estimate of drug-likeness (QED) is 0.842. The largest absolute Gasteiger partial charge is 0.387 e. The number of aliphatic hydroxyl groups is 1. The maximum Gasteiger partial charge on any atom is 0.222 e. The predicted octanol–water partition coefficient (Wildman–Crippen LogP) is 2.99. The van der Waals surface area contributed by atoms with E-state index >= 15 is 0 Å². The minimum atomic E-state index is -0.414. The summed E-state index contributed by atoms with van der Waals surface area (Å²) in [6.07, 6.45) is 5.02. The van der Waals surface area contributed by atoms with Crippen molar-refractivity contribution in [3.05, 3.63) is 53.3 Å². The van der Waals surface area contributed by atoms with Gasteiger partial charge in [-0.3, -0.25) is 0 Å². The van der Waals surface area contributed by atoms with Crippen LogP contribution in [0.3, 0.4) is 0 Å². The predicted molar refractivity (Wildman–Crippen MR) is 96.1 cm³/mol. The van der Waals surface area contributed by atoms with Crippen LogP contribution in [0, 0.1) is 5.92 Å². The summed E-state index contributed by atoms with van der Waals surface area (Å²) in [5, 5.41) is 14.2. The number of benzene rings is 1. The van der Waals surface area contributed by atoms with Gasteiger partial charge in [-0.1, -0.05) is 41.9 Å². The number of halogens is 1. The van der Waals surface area contributed by atoms with Gasteiger partial charge in [0.05, 0.1) is 23.5 Å². The second-order valence-electron chi connectivity index (χ2n) is 6.28. The fraction of sp³-hybridized carbons (Fsp3) is 0.444. The Kier molecular flexibility index (Phi) is 6.01. The zero-order valence-corrected chi connectivity index (χ0v) is 14.4. The molecule has 2 heterocycles. The van der Waals surface area contributed by atoms with Gasteiger partial charge in [0.15, 0.2) is 0 Å². The van der Waals surface area contributed by atoms with Crippen molar-refractivity contribution in [2.24, 2.45) is 5.92 Å². The maximum absolute atomic E-state index is 10.3. The first kappa shape index (κ1) is 17.1. The SMILES string of the molecule is O[C@H](CN1CCC(CNc2ncc(Cl)cn2)CC1)c1ccccc1. The Bertz CT molecular complexity index is 615. The van der Waals surface area contributed by atoms with Crippen molar-refractivity contribution in [1.82, 2.24) is 14.9 Å². The summed E-state index contributed by atoms with van der Waals surface area (Å²) >= 11 is 5.78. The van der Waals surface area contributed by atoms with E-state index < -0.39 is 6.10 Å². The Morgan fingerprint density at radius 2 is 1.83 bits per heavy atom. The smallest absolute Gasteiger partial charge is 0.222 e. The topological polar surface area (TPSA) is 61.3 Å². The molecule has 1 saturated heterocycles. The molecule has 0 aliphatic carbocycles. The molecule has 0 amide bonds. The minimum Gasteiger partial charge on any atom is -0.387 e. The number of aliphatic hydroxyl groups excluding tert-OH is 1. The molecule has 1 fully saturated rings. The third-order valence-electron chi connectivity index (χ3n) is 4.49. The molecular formula is C18H23ClN4O. The molecule has 2 aromatic rings. The average molecular weight is 347 g/mol. The Morgan fingerprint density at radius 1 is 1.17 bits per heavy atom. The summed E-state index contributed by atoms with van der Waals surface area (Å²) in [6.45, 7) is 3.59. The number of hydrogen-bond donors (Lipinski definition) is 2. The number of likely N-dealkylation sites (tertiary alicyclic amines) is 1. The molecule has 3 rings (SSSR count). The molecule has 2 N–H and O–H groups in total. The number of rotatable bonds is 6. The van der Waals surface area contributed by atoms with Gasteiger partial charge >= 0.3 is 0 Å². The number of hydrogen-bond acceptors (Lipinski definition) is 5. The Morgan fingerprint density at radius 3 is 2.50 bits per heavy atom. The fourth-order valence-electron chi connectivity index (χ4n) is 3.04. The van der Waals surface area contributed by atoms with Gasteiger partial charge in [0.1, 0.15) is 0 Å². The molecule has 0 radical (unpaired) electrons. The van der Waals surface area contributed by atoms with Crippen LogP contribution in [-0.4, -0.2) is 46.2 Å². The van der Waals surface area contributed by atoms with Crippen LogP contribution < -0.4 is 5.32 Å². The first-order chi connectivity index (χ1) is 11.7. The lowest BCUT2D eigenvalue weighted by Gasteiger charge is -2.33. The molecule has 0 bridgehead atoms. The summed E-state index contributed by atoms with van der Waals surface area (Å²) in [7, 11) is 0. The molecule has 1 aromatic heterocycles. The van der Waals surface area contributed by atoms with E-state index in [2.05, 4.69) is 20.2 Å². The Labute approximate surface area is 147 Å². The van der Waals surface area contributed by atoms with Gasteiger partial charge in [-0.25, -0.2) is 9.97 Å². The van der Waals surface area contributed by atoms with Gasteiger partial charge in [0.25, 0.3) is 0 Å². The summed E-state index contributed by atoms with van der Waals surface area (Å²) < 4.78 is 0. The van der Waals surface area contributed by atoms with Crippen LogP contribution in [-0.2, 0) is 0 Å². The molecule has 1 aliphatic heterocycles. The van der Waals surface area contributed by atoms with Crippen LogP contribution >= 0.6 is 11.6 Å². The van der Waals surface area contributed by atoms with Crippen LogP contribution in [0.15, 0.2) is 42.7 Å². The van der Waals surface area contributed by atoms with Crippen LogP contribution in [0.2, 0.25) is 5.02 Å². The standard InChI is InChI=1S/C18H23ClN4O/c19-16-11-21-18(22-12-16)20-10-14-6-8-23(9-7-14)13-17(24)15-4-2-1-3-5-15/h1-5,11-12,14,17,24H,6-10,13H2,(H,20,21,22)/t17-/m1/s1. The van der Waals surface area contributed by atoms with Crippen LogP contribution in [0.25, 0.3) is 0 Å². The van der Waals surface area contributed by atoms with Crippen molar-refractivity contribution >= 4 is 17.5 Å². The van der Waals surface area contributed by atoms with Crippen LogP contribution in [0.5, 0.6) is 0 Å². The van der Waals surface area contributed by atoms with Crippen molar-refractivity contribution in [2.75, 3.05) is 31.5 Å². The van der Waals surface area contributed by atoms with Gasteiger partial charge in [-0.2, -0.15) is 0 Å². The molecule has 1 atom stereocenters. The second-order valence-corrected chi connectivity index (χ2v) is 6.71. The van der Waals surface area contributed by atoms with Gasteiger partial charge in [0, 0.05) is 13.1 Å². The fourth-order valence-corrected chi connectivity index (χ4v) is 3.14. The number of piperidine rings is 1. The lowest BCUT2D eigenvalue weighted by Crippen LogP contribution is -2.38. The highest BCUT2D eigenvalue weighted by Crippen LogP contribution is 2.21. The molecule has 1 aromatic carbocycles. The van der Waals surface area contributed by atoms with E-state index in [9.17, 15) is 5.11 Å². The van der Waals surface area contributed by atoms with Crippen molar-refractivity contribution in [3.8, 4) is 0 Å². The van der Waals surface area contributed by atoms with Crippen LogP contribution in [0.4, 0.5) is 5.95 Å². The van der Waals surface area contributed by atoms with Gasteiger partial charge < -0.3 is 15.3 Å². The number of aromatic nitrogens is 2. The summed E-state index contributed by atoms with van der Waals surface area (Å²) in [5.41, 5.74) is 0.987. The highest BCUT2D eigenvalue weighted by molar-refractivity contribution is 6.30. The van der Waals surface area contributed by atoms with E-state index in [0.29, 0.717) is 23.4 Å². The molecule has 6 heteroatoms. The molecule has 1 aliphatic rings.